The molecule has 0 heterocycles. The van der Waals surface area contributed by atoms with Crippen LogP contribution in [0.2, 0.25) is 0 Å². The van der Waals surface area contributed by atoms with Crippen LogP contribution in [-0.2, 0) is 22.5 Å². The number of esters is 1. The van der Waals surface area contributed by atoms with Gasteiger partial charge >= 0.3 is 5.97 Å². The maximum Gasteiger partial charge on any atom is 0.306 e. The van der Waals surface area contributed by atoms with Crippen molar-refractivity contribution in [2.24, 2.45) is 0 Å². The molecule has 0 amide bonds. The molecule has 0 spiro atoms. The molecule has 0 unspecified atom stereocenters. The molecule has 0 aliphatic carbocycles. The minimum absolute atomic E-state index is 0.0892. The van der Waals surface area contributed by atoms with Crippen LogP contribution >= 0.6 is 0 Å². The minimum atomic E-state index is -0.0892. The molecule has 0 saturated carbocycles. The zero-order valence-electron chi connectivity index (χ0n) is 23.2. The Balaban J connectivity index is 1.49. The third-order valence-electron chi connectivity index (χ3n) is 6.64. The Labute approximate surface area is 220 Å². The van der Waals surface area contributed by atoms with E-state index in [0.717, 1.165) is 49.0 Å². The van der Waals surface area contributed by atoms with Gasteiger partial charge < -0.3 is 14.0 Å². The zero-order valence-corrected chi connectivity index (χ0v) is 23.2. The third kappa shape index (κ3) is 14.3. The lowest BCUT2D eigenvalue weighted by molar-refractivity contribution is -0.903. The number of quaternary nitrogens is 1. The van der Waals surface area contributed by atoms with E-state index in [-0.39, 0.29) is 5.97 Å². The number of nitrogens with zero attached hydrogens (tertiary/aromatic N) is 1. The molecule has 4 heteroatoms. The van der Waals surface area contributed by atoms with Crippen LogP contribution in [-0.4, -0.2) is 44.3 Å². The molecule has 2 aromatic carbocycles. The van der Waals surface area contributed by atoms with Crippen LogP contribution in [0, 0.1) is 0 Å². The van der Waals surface area contributed by atoms with Crippen LogP contribution in [0.1, 0.15) is 88.7 Å². The van der Waals surface area contributed by atoms with Gasteiger partial charge in [0.1, 0.15) is 12.3 Å². The first kappa shape index (κ1) is 29.9. The van der Waals surface area contributed by atoms with Crippen molar-refractivity contribution in [2.45, 2.75) is 90.5 Å². The van der Waals surface area contributed by atoms with Gasteiger partial charge in [0.05, 0.1) is 40.3 Å². The van der Waals surface area contributed by atoms with Crippen LogP contribution in [0.4, 0.5) is 0 Å². The molecule has 0 fully saturated rings. The number of carbonyl (C=O) groups excluding carboxylic acids is 1. The number of benzene rings is 2. The lowest BCUT2D eigenvalue weighted by Crippen LogP contribution is -2.39. The number of hydrogen-bond acceptors (Lipinski definition) is 3. The standard InChI is InChI=1S/C32H50NO3/c1-4-5-6-7-8-9-11-18-29-21-16-22-31(27-29)35-25-14-15-26-36-32(34)23-17-24-33(2,3)28-30-19-12-10-13-20-30/h10,12-13,16,19-22,27H,4-9,11,14-15,17-18,23-26,28H2,1-3H3/q+1. The van der Waals surface area contributed by atoms with E-state index in [1.54, 1.807) is 0 Å². The summed E-state index contributed by atoms with van der Waals surface area (Å²) in [4.78, 5) is 12.1. The van der Waals surface area contributed by atoms with Crippen molar-refractivity contribution >= 4 is 5.97 Å². The van der Waals surface area contributed by atoms with Gasteiger partial charge in [-0.1, -0.05) is 87.9 Å². The normalized spacial score (nSPS) is 11.4. The van der Waals surface area contributed by atoms with Gasteiger partial charge in [-0.25, -0.2) is 0 Å². The Kier molecular flexibility index (Phi) is 14.9. The molecule has 0 N–H and O–H groups in total. The molecule has 0 aliphatic heterocycles. The van der Waals surface area contributed by atoms with E-state index in [1.165, 1.54) is 56.1 Å². The maximum atomic E-state index is 12.1. The SMILES string of the molecule is CCCCCCCCCc1cccc(OCCCCOC(=O)CCC[N+](C)(C)Cc2ccccc2)c1. The van der Waals surface area contributed by atoms with Crippen LogP contribution in [0.15, 0.2) is 54.6 Å². The van der Waals surface area contributed by atoms with E-state index in [9.17, 15) is 4.79 Å². The van der Waals surface area contributed by atoms with E-state index in [1.807, 2.05) is 12.1 Å². The fourth-order valence-corrected chi connectivity index (χ4v) is 4.54. The fraction of sp³-hybridized carbons (Fsp3) is 0.594. The highest BCUT2D eigenvalue weighted by atomic mass is 16.5. The summed E-state index contributed by atoms with van der Waals surface area (Å²) in [6.07, 6.45) is 13.5. The molecular weight excluding hydrogens is 446 g/mol. The molecule has 0 radical (unpaired) electrons. The highest BCUT2D eigenvalue weighted by molar-refractivity contribution is 5.69. The van der Waals surface area contributed by atoms with E-state index >= 15 is 0 Å². The summed E-state index contributed by atoms with van der Waals surface area (Å²) in [6, 6.07) is 19.0. The first-order valence-electron chi connectivity index (χ1n) is 14.2. The lowest BCUT2D eigenvalue weighted by atomic mass is 10.0. The van der Waals surface area contributed by atoms with Gasteiger partial charge in [-0.15, -0.1) is 0 Å². The van der Waals surface area contributed by atoms with Crippen LogP contribution in [0.5, 0.6) is 5.75 Å². The zero-order chi connectivity index (χ0) is 25.9. The van der Waals surface area contributed by atoms with Crippen molar-refractivity contribution in [3.05, 3.63) is 65.7 Å². The van der Waals surface area contributed by atoms with Gasteiger partial charge in [0.25, 0.3) is 0 Å². The van der Waals surface area contributed by atoms with Gasteiger partial charge in [-0.05, 0) is 43.4 Å². The molecule has 0 bridgehead atoms. The molecule has 4 nitrogen and oxygen atoms in total. The van der Waals surface area contributed by atoms with Gasteiger partial charge in [0.15, 0.2) is 0 Å². The second-order valence-electron chi connectivity index (χ2n) is 10.7. The molecule has 0 aromatic heterocycles. The second kappa shape index (κ2) is 18.0. The lowest BCUT2D eigenvalue weighted by Gasteiger charge is -2.29. The average molecular weight is 497 g/mol. The number of unbranched alkanes of at least 4 members (excludes halogenated alkanes) is 7. The molecular formula is C32H50NO3+. The Morgan fingerprint density at radius 3 is 2.22 bits per heavy atom. The summed E-state index contributed by atoms with van der Waals surface area (Å²) in [5.74, 6) is 0.859. The second-order valence-corrected chi connectivity index (χ2v) is 10.7. The Bertz CT molecular complexity index is 834. The number of carbonyl (C=O) groups is 1. The van der Waals surface area contributed by atoms with E-state index < -0.39 is 0 Å². The van der Waals surface area contributed by atoms with Crippen molar-refractivity contribution in [2.75, 3.05) is 33.9 Å². The fourth-order valence-electron chi connectivity index (χ4n) is 4.54. The van der Waals surface area contributed by atoms with Crippen LogP contribution in [0.25, 0.3) is 0 Å². The molecule has 36 heavy (non-hydrogen) atoms. The Hall–Kier alpha value is -2.33. The van der Waals surface area contributed by atoms with Crippen molar-refractivity contribution < 1.29 is 18.8 Å². The highest BCUT2D eigenvalue weighted by Crippen LogP contribution is 2.17. The third-order valence-corrected chi connectivity index (χ3v) is 6.64. The van der Waals surface area contributed by atoms with Crippen molar-refractivity contribution in [1.29, 1.82) is 0 Å². The topological polar surface area (TPSA) is 35.5 Å². The molecule has 200 valence electrons. The summed E-state index contributed by atoms with van der Waals surface area (Å²) in [5.41, 5.74) is 2.69. The summed E-state index contributed by atoms with van der Waals surface area (Å²) in [7, 11) is 4.42. The summed E-state index contributed by atoms with van der Waals surface area (Å²) in [6.45, 7) is 5.32. The molecule has 2 rings (SSSR count). The Morgan fingerprint density at radius 1 is 0.750 bits per heavy atom. The van der Waals surface area contributed by atoms with E-state index in [4.69, 9.17) is 9.47 Å². The number of rotatable bonds is 20. The van der Waals surface area contributed by atoms with Crippen LogP contribution < -0.4 is 4.74 Å². The van der Waals surface area contributed by atoms with Gasteiger partial charge in [-0.3, -0.25) is 4.79 Å². The monoisotopic (exact) mass is 496 g/mol. The molecule has 0 saturated heterocycles. The van der Waals surface area contributed by atoms with E-state index in [0.29, 0.717) is 19.6 Å². The quantitative estimate of drug-likeness (QED) is 0.107. The predicted molar refractivity (Wildman–Crippen MR) is 150 cm³/mol. The van der Waals surface area contributed by atoms with Crippen molar-refractivity contribution in [3.63, 3.8) is 0 Å². The first-order chi connectivity index (χ1) is 17.5. The largest absolute Gasteiger partial charge is 0.494 e. The smallest absolute Gasteiger partial charge is 0.306 e. The summed E-state index contributed by atoms with van der Waals surface area (Å²) in [5, 5.41) is 0. The van der Waals surface area contributed by atoms with E-state index in [2.05, 4.69) is 63.5 Å². The van der Waals surface area contributed by atoms with Gasteiger partial charge in [-0.2, -0.15) is 0 Å². The summed E-state index contributed by atoms with van der Waals surface area (Å²) < 4.78 is 12.2. The average Bonchev–Trinajstić information content (AvgIpc) is 2.86. The number of ether oxygens (including phenoxy) is 2. The van der Waals surface area contributed by atoms with Crippen molar-refractivity contribution in [3.8, 4) is 5.75 Å². The number of hydrogen-bond donors (Lipinski definition) is 0. The molecule has 0 aliphatic rings. The minimum Gasteiger partial charge on any atom is -0.494 e. The number of aryl methyl sites for hydroxylation is 1. The van der Waals surface area contributed by atoms with Gasteiger partial charge in [0.2, 0.25) is 0 Å². The molecule has 2 aromatic rings. The molecule has 0 atom stereocenters. The first-order valence-corrected chi connectivity index (χ1v) is 14.2. The van der Waals surface area contributed by atoms with Crippen molar-refractivity contribution in [1.82, 2.24) is 0 Å². The highest BCUT2D eigenvalue weighted by Gasteiger charge is 2.16. The predicted octanol–water partition coefficient (Wildman–Crippen LogP) is 7.74. The van der Waals surface area contributed by atoms with Crippen LogP contribution in [0.3, 0.4) is 0 Å². The Morgan fingerprint density at radius 2 is 1.44 bits per heavy atom. The van der Waals surface area contributed by atoms with Gasteiger partial charge in [0, 0.05) is 12.0 Å². The summed E-state index contributed by atoms with van der Waals surface area (Å²) >= 11 is 0. The maximum absolute atomic E-state index is 12.1.